The Labute approximate surface area is 283 Å². The number of phosphoric acid groups is 1. The summed E-state index contributed by atoms with van der Waals surface area (Å²) in [6.07, 6.45) is -4.20. The summed E-state index contributed by atoms with van der Waals surface area (Å²) in [5, 5.41) is 0. The Morgan fingerprint density at radius 3 is 1.38 bits per heavy atom. The van der Waals surface area contributed by atoms with Gasteiger partial charge in [-0.15, -0.1) is 0 Å². The van der Waals surface area contributed by atoms with Gasteiger partial charge in [0.15, 0.2) is 6.29 Å². The Hall–Kier alpha value is -3.21. The Bertz CT molecular complexity index is 1480. The van der Waals surface area contributed by atoms with Gasteiger partial charge in [-0.2, -0.15) is 0 Å². The Balaban J connectivity index is 1.48. The summed E-state index contributed by atoms with van der Waals surface area (Å²) in [7, 11) is -4.05. The van der Waals surface area contributed by atoms with Crippen LogP contribution in [0.3, 0.4) is 0 Å². The number of phosphoric ester groups is 1. The second-order valence-electron chi connectivity index (χ2n) is 11.2. The molecule has 4 aromatic carbocycles. The first-order valence-corrected chi connectivity index (χ1v) is 17.8. The lowest BCUT2D eigenvalue weighted by Gasteiger charge is -2.46. The van der Waals surface area contributed by atoms with Gasteiger partial charge in [0.1, 0.15) is 24.4 Å². The van der Waals surface area contributed by atoms with Crippen LogP contribution in [0.5, 0.6) is 0 Å². The van der Waals surface area contributed by atoms with Crippen LogP contribution in [0.2, 0.25) is 0 Å². The molecule has 256 valence electrons. The molecular formula is C38H45O9P. The molecule has 9 nitrogen and oxygen atoms in total. The average Bonchev–Trinajstić information content (AvgIpc) is 3.11. The molecule has 0 saturated carbocycles. The first-order valence-electron chi connectivity index (χ1n) is 16.4. The highest BCUT2D eigenvalue weighted by Crippen LogP contribution is 2.52. The van der Waals surface area contributed by atoms with E-state index in [1.807, 2.05) is 121 Å². The first kappa shape index (κ1) is 36.1. The van der Waals surface area contributed by atoms with Gasteiger partial charge in [-0.05, 0) is 36.1 Å². The zero-order chi connectivity index (χ0) is 33.4. The van der Waals surface area contributed by atoms with Gasteiger partial charge in [0, 0.05) is 0 Å². The van der Waals surface area contributed by atoms with Crippen LogP contribution >= 0.6 is 7.82 Å². The largest absolute Gasteiger partial charge is 0.477 e. The molecule has 0 N–H and O–H groups in total. The summed E-state index contributed by atoms with van der Waals surface area (Å²) in [5.41, 5.74) is 3.91. The third-order valence-electron chi connectivity index (χ3n) is 7.65. The smallest absolute Gasteiger partial charge is 0.374 e. The van der Waals surface area contributed by atoms with E-state index in [2.05, 4.69) is 0 Å². The Kier molecular flexibility index (Phi) is 14.4. The van der Waals surface area contributed by atoms with E-state index >= 15 is 0 Å². The van der Waals surface area contributed by atoms with E-state index in [0.717, 1.165) is 22.3 Å². The van der Waals surface area contributed by atoms with E-state index in [4.69, 9.17) is 37.3 Å². The van der Waals surface area contributed by atoms with Crippen LogP contribution in [-0.4, -0.2) is 50.5 Å². The quantitative estimate of drug-likeness (QED) is 0.0920. The molecule has 48 heavy (non-hydrogen) atoms. The zero-order valence-electron chi connectivity index (χ0n) is 27.5. The number of hydrogen-bond acceptors (Lipinski definition) is 9. The van der Waals surface area contributed by atoms with Gasteiger partial charge in [0.05, 0.1) is 46.2 Å². The molecule has 5 atom stereocenters. The van der Waals surface area contributed by atoms with Crippen molar-refractivity contribution < 1.29 is 41.8 Å². The third-order valence-corrected chi connectivity index (χ3v) is 9.26. The lowest BCUT2D eigenvalue weighted by molar-refractivity contribution is -0.313. The predicted molar refractivity (Wildman–Crippen MR) is 182 cm³/mol. The maximum Gasteiger partial charge on any atom is 0.477 e. The molecular weight excluding hydrogens is 631 g/mol. The summed E-state index contributed by atoms with van der Waals surface area (Å²) in [4.78, 5) is 0. The van der Waals surface area contributed by atoms with Gasteiger partial charge < -0.3 is 23.7 Å². The van der Waals surface area contributed by atoms with Crippen molar-refractivity contribution in [3.05, 3.63) is 144 Å². The number of hydrogen-bond donors (Lipinski definition) is 0. The topological polar surface area (TPSA) is 90.9 Å². The third kappa shape index (κ3) is 10.9. The molecule has 1 aliphatic heterocycles. The van der Waals surface area contributed by atoms with Gasteiger partial charge in [-0.3, -0.25) is 13.6 Å². The highest BCUT2D eigenvalue weighted by Gasteiger charge is 2.51. The molecule has 0 spiro atoms. The molecule has 0 radical (unpaired) electrons. The van der Waals surface area contributed by atoms with E-state index < -0.39 is 38.5 Å². The monoisotopic (exact) mass is 676 g/mol. The van der Waals surface area contributed by atoms with Crippen LogP contribution in [0.25, 0.3) is 0 Å². The molecule has 0 aromatic heterocycles. The van der Waals surface area contributed by atoms with Crippen LogP contribution in [0.4, 0.5) is 0 Å². The standard InChI is InChI=1S/C38H45O9P/c1-3-44-48(39,45-4-2)47-38-37(43-28-33-23-15-8-16-24-33)36(42-27-32-21-13-7-14-22-32)35(41-26-31-19-11-6-12-20-31)34(46-38)29-40-25-30-17-9-5-10-18-30/h5-24,34-38H,3-4,25-29H2,1-2H3/t34-,35-,36+,37-,38?/m1/s1. The van der Waals surface area contributed by atoms with Gasteiger partial charge in [-0.1, -0.05) is 121 Å². The van der Waals surface area contributed by atoms with Crippen molar-refractivity contribution in [3.8, 4) is 0 Å². The molecule has 0 aliphatic carbocycles. The van der Waals surface area contributed by atoms with Gasteiger partial charge in [-0.25, -0.2) is 4.57 Å². The van der Waals surface area contributed by atoms with Crippen molar-refractivity contribution in [1.29, 1.82) is 0 Å². The van der Waals surface area contributed by atoms with Crippen molar-refractivity contribution in [2.24, 2.45) is 0 Å². The molecule has 1 unspecified atom stereocenters. The molecule has 5 rings (SSSR count). The average molecular weight is 677 g/mol. The number of rotatable bonds is 19. The molecule has 1 heterocycles. The van der Waals surface area contributed by atoms with Crippen LogP contribution in [-0.2, 0) is 68.2 Å². The molecule has 0 amide bonds. The van der Waals surface area contributed by atoms with Crippen molar-refractivity contribution in [2.45, 2.75) is 71.0 Å². The summed E-state index contributed by atoms with van der Waals surface area (Å²) in [6, 6.07) is 39.4. The molecule has 1 aliphatic rings. The van der Waals surface area contributed by atoms with Gasteiger partial charge in [0.2, 0.25) is 0 Å². The van der Waals surface area contributed by atoms with Crippen molar-refractivity contribution in [1.82, 2.24) is 0 Å². The molecule has 4 aromatic rings. The van der Waals surface area contributed by atoms with Crippen molar-refractivity contribution in [2.75, 3.05) is 19.8 Å². The fourth-order valence-electron chi connectivity index (χ4n) is 5.37. The summed E-state index contributed by atoms with van der Waals surface area (Å²) in [6.45, 7) is 4.94. The van der Waals surface area contributed by atoms with Crippen LogP contribution in [0.15, 0.2) is 121 Å². The zero-order valence-corrected chi connectivity index (χ0v) is 28.4. The van der Waals surface area contributed by atoms with Crippen molar-refractivity contribution >= 4 is 7.82 Å². The predicted octanol–water partition coefficient (Wildman–Crippen LogP) is 7.88. The second kappa shape index (κ2) is 19.1. The minimum absolute atomic E-state index is 0.111. The van der Waals surface area contributed by atoms with E-state index in [1.165, 1.54) is 0 Å². The summed E-state index contributed by atoms with van der Waals surface area (Å²) < 4.78 is 63.6. The minimum Gasteiger partial charge on any atom is -0.374 e. The first-order chi connectivity index (χ1) is 23.6. The maximum absolute atomic E-state index is 13.8. The van der Waals surface area contributed by atoms with Gasteiger partial charge in [0.25, 0.3) is 0 Å². The molecule has 10 heteroatoms. The Morgan fingerprint density at radius 1 is 0.542 bits per heavy atom. The van der Waals surface area contributed by atoms with Gasteiger partial charge >= 0.3 is 7.82 Å². The fourth-order valence-corrected chi connectivity index (χ4v) is 6.63. The fraction of sp³-hybridized carbons (Fsp3) is 0.368. The second-order valence-corrected chi connectivity index (χ2v) is 12.8. The Morgan fingerprint density at radius 2 is 0.938 bits per heavy atom. The SMILES string of the molecule is CCOP(=O)(OCC)OC1O[C@H](COCc2ccccc2)[C@@H](OCc2ccccc2)[C@H](OCc2ccccc2)[C@H]1OCc1ccccc1. The van der Waals surface area contributed by atoms with E-state index in [0.29, 0.717) is 13.2 Å². The summed E-state index contributed by atoms with van der Waals surface area (Å²) >= 11 is 0. The molecule has 1 fully saturated rings. The van der Waals surface area contributed by atoms with E-state index in [9.17, 15) is 4.57 Å². The van der Waals surface area contributed by atoms with E-state index in [1.54, 1.807) is 13.8 Å². The van der Waals surface area contributed by atoms with Crippen molar-refractivity contribution in [3.63, 3.8) is 0 Å². The summed E-state index contributed by atoms with van der Waals surface area (Å²) in [5.74, 6) is 0. The number of ether oxygens (including phenoxy) is 5. The highest BCUT2D eigenvalue weighted by molar-refractivity contribution is 7.48. The normalized spacial score (nSPS) is 21.2. The molecule has 1 saturated heterocycles. The molecule has 0 bridgehead atoms. The van der Waals surface area contributed by atoms with E-state index in [-0.39, 0.29) is 33.0 Å². The lowest BCUT2D eigenvalue weighted by atomic mass is 9.98. The lowest BCUT2D eigenvalue weighted by Crippen LogP contribution is -2.61. The van der Waals surface area contributed by atoms with Crippen LogP contribution in [0, 0.1) is 0 Å². The maximum atomic E-state index is 13.8. The van der Waals surface area contributed by atoms with Crippen LogP contribution in [0.1, 0.15) is 36.1 Å². The number of benzene rings is 4. The highest BCUT2D eigenvalue weighted by atomic mass is 31.2. The minimum atomic E-state index is -4.05. The van der Waals surface area contributed by atoms with Crippen LogP contribution < -0.4 is 0 Å².